The average Bonchev–Trinajstić information content (AvgIpc) is 2.56. The van der Waals surface area contributed by atoms with Crippen molar-refractivity contribution in [3.63, 3.8) is 0 Å². The van der Waals surface area contributed by atoms with Crippen molar-refractivity contribution in [1.29, 1.82) is 0 Å². The normalized spacial score (nSPS) is 20.4. The van der Waals surface area contributed by atoms with Crippen LogP contribution in [0.2, 0.25) is 0 Å². The maximum atomic E-state index is 12.3. The number of nitrogen functional groups attached to an aromatic ring is 1. The van der Waals surface area contributed by atoms with Gasteiger partial charge in [-0.2, -0.15) is 0 Å². The SMILES string of the molecule is Nc1ccc(CC2NC(=O)C(Cc3ccc(P)cc3)NC2=O)cc1. The molecule has 0 radical (unpaired) electrons. The van der Waals surface area contributed by atoms with Crippen molar-refractivity contribution < 1.29 is 9.59 Å². The molecule has 3 atom stereocenters. The Hall–Kier alpha value is -2.39. The molecule has 2 aromatic carbocycles. The summed E-state index contributed by atoms with van der Waals surface area (Å²) >= 11 is 0. The maximum absolute atomic E-state index is 12.3. The fraction of sp³-hybridized carbons (Fsp3) is 0.222. The van der Waals surface area contributed by atoms with Gasteiger partial charge in [-0.15, -0.1) is 9.24 Å². The molecule has 1 aliphatic heterocycles. The number of anilines is 1. The van der Waals surface area contributed by atoms with Crippen LogP contribution in [0.1, 0.15) is 11.1 Å². The van der Waals surface area contributed by atoms with E-state index in [0.29, 0.717) is 18.5 Å². The Labute approximate surface area is 143 Å². The number of rotatable bonds is 4. The zero-order chi connectivity index (χ0) is 17.1. The molecule has 5 nitrogen and oxygen atoms in total. The number of hydrogen-bond donors (Lipinski definition) is 3. The summed E-state index contributed by atoms with van der Waals surface area (Å²) in [5, 5.41) is 6.74. The first-order valence-electron chi connectivity index (χ1n) is 7.81. The largest absolute Gasteiger partial charge is 0.399 e. The summed E-state index contributed by atoms with van der Waals surface area (Å²) in [6, 6.07) is 14.1. The van der Waals surface area contributed by atoms with E-state index in [0.717, 1.165) is 16.4 Å². The summed E-state index contributed by atoms with van der Waals surface area (Å²) in [7, 11) is 2.62. The van der Waals surface area contributed by atoms with Crippen molar-refractivity contribution in [3.05, 3.63) is 59.7 Å². The minimum Gasteiger partial charge on any atom is -0.399 e. The first-order chi connectivity index (χ1) is 11.5. The molecule has 124 valence electrons. The van der Waals surface area contributed by atoms with Gasteiger partial charge in [0, 0.05) is 18.5 Å². The van der Waals surface area contributed by atoms with Gasteiger partial charge in [-0.3, -0.25) is 9.59 Å². The van der Waals surface area contributed by atoms with Crippen LogP contribution in [0.4, 0.5) is 5.69 Å². The highest BCUT2D eigenvalue weighted by molar-refractivity contribution is 7.27. The lowest BCUT2D eigenvalue weighted by molar-refractivity contribution is -0.136. The Kier molecular flexibility index (Phi) is 4.81. The van der Waals surface area contributed by atoms with Gasteiger partial charge in [-0.05, 0) is 28.6 Å². The van der Waals surface area contributed by atoms with E-state index < -0.39 is 12.1 Å². The molecule has 6 heteroatoms. The number of nitrogens with one attached hydrogen (secondary N) is 2. The average molecular weight is 341 g/mol. The zero-order valence-electron chi connectivity index (χ0n) is 13.2. The first-order valence-corrected chi connectivity index (χ1v) is 8.38. The van der Waals surface area contributed by atoms with Crippen LogP contribution in [-0.2, 0) is 22.4 Å². The number of carbonyl (C=O) groups is 2. The van der Waals surface area contributed by atoms with Gasteiger partial charge < -0.3 is 16.4 Å². The van der Waals surface area contributed by atoms with Crippen LogP contribution in [0.25, 0.3) is 0 Å². The minimum atomic E-state index is -0.549. The second-order valence-corrected chi connectivity index (χ2v) is 6.68. The van der Waals surface area contributed by atoms with Gasteiger partial charge in [0.1, 0.15) is 12.1 Å². The first kappa shape index (κ1) is 16.5. The molecule has 4 N–H and O–H groups in total. The number of benzene rings is 2. The molecule has 1 aliphatic rings. The van der Waals surface area contributed by atoms with Gasteiger partial charge in [0.15, 0.2) is 0 Å². The van der Waals surface area contributed by atoms with Gasteiger partial charge in [0.2, 0.25) is 11.8 Å². The maximum Gasteiger partial charge on any atom is 0.243 e. The van der Waals surface area contributed by atoms with E-state index in [1.54, 1.807) is 12.1 Å². The van der Waals surface area contributed by atoms with Gasteiger partial charge in [-0.25, -0.2) is 0 Å². The molecular weight excluding hydrogens is 321 g/mol. The summed E-state index contributed by atoms with van der Waals surface area (Å²) in [6.07, 6.45) is 0.934. The predicted octanol–water partition coefficient (Wildman–Crippen LogP) is 0.538. The Bertz CT molecular complexity index is 678. The Morgan fingerprint density at radius 2 is 1.21 bits per heavy atom. The van der Waals surface area contributed by atoms with E-state index in [9.17, 15) is 9.59 Å². The minimum absolute atomic E-state index is 0.148. The Morgan fingerprint density at radius 3 is 1.67 bits per heavy atom. The number of nitrogens with two attached hydrogens (primary N) is 1. The molecule has 1 heterocycles. The zero-order valence-corrected chi connectivity index (χ0v) is 14.3. The molecule has 0 saturated carbocycles. The molecule has 3 unspecified atom stereocenters. The summed E-state index contributed by atoms with van der Waals surface area (Å²) in [5.74, 6) is -0.302. The van der Waals surface area contributed by atoms with Crippen molar-refractivity contribution in [2.45, 2.75) is 24.9 Å². The molecule has 0 bridgehead atoms. The monoisotopic (exact) mass is 341 g/mol. The molecule has 2 amide bonds. The third-order valence-corrected chi connectivity index (χ3v) is 4.49. The Morgan fingerprint density at radius 1 is 0.792 bits per heavy atom. The molecule has 0 spiro atoms. The van der Waals surface area contributed by atoms with Crippen LogP contribution < -0.4 is 21.7 Å². The van der Waals surface area contributed by atoms with E-state index in [1.807, 2.05) is 36.4 Å². The van der Waals surface area contributed by atoms with E-state index >= 15 is 0 Å². The summed E-state index contributed by atoms with van der Waals surface area (Å²) in [6.45, 7) is 0. The smallest absolute Gasteiger partial charge is 0.243 e. The van der Waals surface area contributed by atoms with Crippen molar-refractivity contribution in [3.8, 4) is 0 Å². The van der Waals surface area contributed by atoms with E-state index in [-0.39, 0.29) is 11.8 Å². The predicted molar refractivity (Wildman–Crippen MR) is 97.9 cm³/mol. The molecule has 1 fully saturated rings. The summed E-state index contributed by atoms with van der Waals surface area (Å²) in [4.78, 5) is 24.6. The highest BCUT2D eigenvalue weighted by Crippen LogP contribution is 2.12. The third-order valence-electron chi connectivity index (χ3n) is 4.11. The van der Waals surface area contributed by atoms with Gasteiger partial charge in [-0.1, -0.05) is 36.4 Å². The van der Waals surface area contributed by atoms with Gasteiger partial charge in [0.25, 0.3) is 0 Å². The number of piperazine rings is 1. The molecule has 24 heavy (non-hydrogen) atoms. The van der Waals surface area contributed by atoms with Crippen LogP contribution in [-0.4, -0.2) is 23.9 Å². The number of hydrogen-bond acceptors (Lipinski definition) is 3. The highest BCUT2D eigenvalue weighted by Gasteiger charge is 2.33. The second-order valence-electron chi connectivity index (χ2n) is 6.01. The van der Waals surface area contributed by atoms with Gasteiger partial charge >= 0.3 is 0 Å². The molecule has 0 aliphatic carbocycles. The summed E-state index contributed by atoms with van der Waals surface area (Å²) < 4.78 is 0. The van der Waals surface area contributed by atoms with Crippen LogP contribution >= 0.6 is 9.24 Å². The van der Waals surface area contributed by atoms with Crippen molar-refractivity contribution in [2.24, 2.45) is 0 Å². The fourth-order valence-corrected chi connectivity index (χ4v) is 2.93. The van der Waals surface area contributed by atoms with Crippen molar-refractivity contribution in [1.82, 2.24) is 10.6 Å². The van der Waals surface area contributed by atoms with Crippen molar-refractivity contribution in [2.75, 3.05) is 5.73 Å². The molecule has 0 aromatic heterocycles. The quantitative estimate of drug-likeness (QED) is 0.561. The van der Waals surface area contributed by atoms with Crippen LogP contribution in [0.3, 0.4) is 0 Å². The van der Waals surface area contributed by atoms with Crippen LogP contribution in [0.5, 0.6) is 0 Å². The van der Waals surface area contributed by atoms with E-state index in [1.165, 1.54) is 0 Å². The third kappa shape index (κ3) is 3.92. The lowest BCUT2D eigenvalue weighted by Gasteiger charge is -2.29. The molecule has 1 saturated heterocycles. The lowest BCUT2D eigenvalue weighted by atomic mass is 9.98. The van der Waals surface area contributed by atoms with E-state index in [2.05, 4.69) is 19.9 Å². The molecule has 2 aromatic rings. The summed E-state index contributed by atoms with van der Waals surface area (Å²) in [5.41, 5.74) is 8.30. The molecule has 3 rings (SSSR count). The lowest BCUT2D eigenvalue weighted by Crippen LogP contribution is -2.62. The topological polar surface area (TPSA) is 84.2 Å². The van der Waals surface area contributed by atoms with Gasteiger partial charge in [0.05, 0.1) is 0 Å². The van der Waals surface area contributed by atoms with E-state index in [4.69, 9.17) is 5.73 Å². The second kappa shape index (κ2) is 7.02. The number of carbonyl (C=O) groups excluding carboxylic acids is 2. The van der Waals surface area contributed by atoms with Crippen molar-refractivity contribution >= 4 is 32.0 Å². The van der Waals surface area contributed by atoms with Crippen LogP contribution in [0.15, 0.2) is 48.5 Å². The standard InChI is InChI=1S/C18H20N3O2P/c19-13-5-1-11(2-6-13)9-15-17(22)21-16(18(23)20-15)10-12-3-7-14(24)8-4-12/h1-8,15-16H,9-10,19,24H2,(H,20,23)(H,21,22). The fourth-order valence-electron chi connectivity index (χ4n) is 2.74. The Balaban J connectivity index is 1.63. The number of amides is 2. The highest BCUT2D eigenvalue weighted by atomic mass is 31.0. The molecular formula is C18H20N3O2P. The van der Waals surface area contributed by atoms with Crippen LogP contribution in [0, 0.1) is 0 Å².